The maximum absolute atomic E-state index is 13.2. The largest absolute Gasteiger partial charge is 0.444 e. The lowest BCUT2D eigenvalue weighted by Crippen LogP contribution is -2.46. The van der Waals surface area contributed by atoms with Crippen LogP contribution in [0.1, 0.15) is 93.8 Å². The Hall–Kier alpha value is -6.27. The van der Waals surface area contributed by atoms with Crippen LogP contribution >= 0.6 is 0 Å². The van der Waals surface area contributed by atoms with Crippen LogP contribution in [-0.2, 0) is 35.4 Å². The predicted octanol–water partition coefficient (Wildman–Crippen LogP) is 4.69. The van der Waals surface area contributed by atoms with Crippen molar-refractivity contribution in [3.05, 3.63) is 53.9 Å². The zero-order chi connectivity index (χ0) is 41.5. The molecule has 6 amide bonds. The summed E-state index contributed by atoms with van der Waals surface area (Å²) >= 11 is 0. The molecular weight excluding hydrogens is 716 g/mol. The summed E-state index contributed by atoms with van der Waals surface area (Å²) in [6.45, 7) is 15.4. The second-order valence-electron chi connectivity index (χ2n) is 15.5. The Labute approximate surface area is 319 Å². The van der Waals surface area contributed by atoms with Crippen LogP contribution in [0.5, 0.6) is 0 Å². The second kappa shape index (κ2) is 17.3. The van der Waals surface area contributed by atoms with Crippen LogP contribution in [0.4, 0.5) is 31.4 Å². The summed E-state index contributed by atoms with van der Waals surface area (Å²) in [6, 6.07) is 4.49. The summed E-state index contributed by atoms with van der Waals surface area (Å²) < 4.78 is 20.3. The summed E-state index contributed by atoms with van der Waals surface area (Å²) in [5.41, 5.74) is -0.553. The van der Waals surface area contributed by atoms with Gasteiger partial charge in [-0.15, -0.1) is 4.99 Å². The van der Waals surface area contributed by atoms with E-state index in [1.165, 1.54) is 27.3 Å². The topological polar surface area (TPSA) is 229 Å². The summed E-state index contributed by atoms with van der Waals surface area (Å²) in [5, 5.41) is 16.0. The van der Waals surface area contributed by atoms with Crippen molar-refractivity contribution in [3.63, 3.8) is 0 Å². The van der Waals surface area contributed by atoms with Gasteiger partial charge in [0.2, 0.25) is 5.96 Å². The summed E-state index contributed by atoms with van der Waals surface area (Å²) in [6.07, 6.45) is 2.25. The van der Waals surface area contributed by atoms with E-state index in [2.05, 4.69) is 36.9 Å². The summed E-state index contributed by atoms with van der Waals surface area (Å²) in [4.78, 5) is 79.8. The van der Waals surface area contributed by atoms with Crippen molar-refractivity contribution in [3.8, 4) is 0 Å². The van der Waals surface area contributed by atoms with Crippen LogP contribution in [-0.4, -0.2) is 85.6 Å². The van der Waals surface area contributed by atoms with Gasteiger partial charge in [-0.05, 0) is 80.5 Å². The number of nitrogens with one attached hydrogen (secondary N) is 6. The molecule has 0 aliphatic rings. The Bertz CT molecular complexity index is 1950. The highest BCUT2D eigenvalue weighted by Crippen LogP contribution is 2.20. The number of rotatable bonds is 9. The number of nitrogens with zero attached hydrogens (tertiary/aromatic N) is 4. The molecule has 0 fully saturated rings. The van der Waals surface area contributed by atoms with Gasteiger partial charge in [0.1, 0.15) is 33.9 Å². The van der Waals surface area contributed by atoms with Crippen LogP contribution in [0, 0.1) is 0 Å². The fourth-order valence-corrected chi connectivity index (χ4v) is 4.72. The first kappa shape index (κ1) is 43.1. The van der Waals surface area contributed by atoms with Crippen molar-refractivity contribution < 1.29 is 43.0 Å². The molecule has 0 radical (unpaired) electrons. The van der Waals surface area contributed by atoms with E-state index in [9.17, 15) is 28.8 Å². The van der Waals surface area contributed by atoms with E-state index in [1.54, 1.807) is 107 Å². The summed E-state index contributed by atoms with van der Waals surface area (Å²) in [7, 11) is 4.92. The number of amides is 6. The third-order valence-electron chi connectivity index (χ3n) is 6.79. The average Bonchev–Trinajstić information content (AvgIpc) is 3.67. The van der Waals surface area contributed by atoms with Crippen molar-refractivity contribution >= 4 is 59.0 Å². The van der Waals surface area contributed by atoms with E-state index in [4.69, 9.17) is 14.2 Å². The Morgan fingerprint density at radius 1 is 0.545 bits per heavy atom. The van der Waals surface area contributed by atoms with Crippen molar-refractivity contribution in [1.82, 2.24) is 29.7 Å². The molecule has 0 aliphatic carbocycles. The minimum absolute atomic E-state index is 0.0528. The number of carbonyl (C=O) groups excluding carboxylic acids is 6. The van der Waals surface area contributed by atoms with Gasteiger partial charge in [0, 0.05) is 52.8 Å². The quantitative estimate of drug-likeness (QED) is 0.0762. The van der Waals surface area contributed by atoms with Gasteiger partial charge in [0.25, 0.3) is 17.7 Å². The predicted molar refractivity (Wildman–Crippen MR) is 205 cm³/mol. The maximum Gasteiger partial charge on any atom is 0.437 e. The third-order valence-corrected chi connectivity index (χ3v) is 6.79. The number of anilines is 3. The first-order chi connectivity index (χ1) is 25.3. The molecule has 0 aliphatic heterocycles. The van der Waals surface area contributed by atoms with Crippen molar-refractivity contribution in [2.24, 2.45) is 26.1 Å². The van der Waals surface area contributed by atoms with Crippen molar-refractivity contribution in [2.75, 3.05) is 29.0 Å². The zero-order valence-corrected chi connectivity index (χ0v) is 33.3. The monoisotopic (exact) mass is 768 g/mol. The zero-order valence-electron chi connectivity index (χ0n) is 33.3. The number of aromatic nitrogens is 3. The second-order valence-corrected chi connectivity index (χ2v) is 15.5. The Kier molecular flexibility index (Phi) is 13.5. The van der Waals surface area contributed by atoms with E-state index in [-0.39, 0.29) is 36.1 Å². The highest BCUT2D eigenvalue weighted by molar-refractivity contribution is 6.07. The molecule has 300 valence electrons. The van der Waals surface area contributed by atoms with Gasteiger partial charge in [0.05, 0.1) is 17.1 Å². The van der Waals surface area contributed by atoms with Crippen LogP contribution in [0.2, 0.25) is 0 Å². The van der Waals surface area contributed by atoms with E-state index in [0.29, 0.717) is 17.1 Å². The van der Waals surface area contributed by atoms with Gasteiger partial charge in [-0.1, -0.05) is 0 Å². The van der Waals surface area contributed by atoms with Gasteiger partial charge in [-0.3, -0.25) is 25.0 Å². The molecule has 0 bridgehead atoms. The molecule has 0 saturated heterocycles. The van der Waals surface area contributed by atoms with Crippen LogP contribution < -0.4 is 31.9 Å². The number of hydrogen-bond donors (Lipinski definition) is 6. The molecule has 6 N–H and O–H groups in total. The number of aliphatic imine (C=N–C) groups is 1. The first-order valence-corrected chi connectivity index (χ1v) is 17.2. The molecule has 0 aromatic carbocycles. The highest BCUT2D eigenvalue weighted by Gasteiger charge is 2.22. The first-order valence-electron chi connectivity index (χ1n) is 17.2. The molecule has 3 rings (SSSR count). The molecule has 3 aromatic heterocycles. The lowest BCUT2D eigenvalue weighted by molar-refractivity contribution is 0.0557. The van der Waals surface area contributed by atoms with Crippen LogP contribution in [0.3, 0.4) is 0 Å². The summed E-state index contributed by atoms with van der Waals surface area (Å²) in [5.74, 6) is -1.67. The molecule has 0 unspecified atom stereocenters. The molecule has 19 nitrogen and oxygen atoms in total. The highest BCUT2D eigenvalue weighted by atomic mass is 16.6. The SMILES string of the molecule is Cn1cc(NC(=O)c2cc(NC(=O)c3cc(NC(=O)OC(C)(C)C)cn3C)cn2C)cc1C(=O)NCCNC(=NC(=O)OC(C)(C)C)NC(=O)OC(C)(C)C. The van der Waals surface area contributed by atoms with Gasteiger partial charge in [-0.2, -0.15) is 0 Å². The molecule has 3 heterocycles. The number of carbonyl (C=O) groups is 6. The Morgan fingerprint density at radius 2 is 0.927 bits per heavy atom. The van der Waals surface area contributed by atoms with Crippen molar-refractivity contribution in [2.45, 2.75) is 79.1 Å². The molecule has 19 heteroatoms. The molecule has 3 aromatic rings. The number of aryl methyl sites for hydroxylation is 3. The van der Waals surface area contributed by atoms with Gasteiger partial charge in [0.15, 0.2) is 0 Å². The minimum atomic E-state index is -0.943. The van der Waals surface area contributed by atoms with Gasteiger partial charge < -0.3 is 49.2 Å². The van der Waals surface area contributed by atoms with E-state index in [0.717, 1.165) is 0 Å². The standard InChI is InChI=1S/C36H52N10O9/c1-34(2,3)53-31(50)41-23-17-26(46(12)20-23)29(49)40-22-16-25(45(11)19-22)28(48)39-21-15-24(44(10)18-21)27(47)37-13-14-38-30(42-32(51)54-35(4,5)6)43-33(52)55-36(7,8)9/h15-20H,13-14H2,1-12H3,(H,37,47)(H,39,48)(H,40,49)(H,41,50)(H2,38,42,43,51,52). The minimum Gasteiger partial charge on any atom is -0.444 e. The number of hydrogen-bond acceptors (Lipinski definition) is 9. The fourth-order valence-electron chi connectivity index (χ4n) is 4.72. The van der Waals surface area contributed by atoms with Gasteiger partial charge >= 0.3 is 18.3 Å². The Balaban J connectivity index is 1.59. The molecular formula is C36H52N10O9. The molecule has 0 spiro atoms. The Morgan fingerprint density at radius 3 is 1.36 bits per heavy atom. The van der Waals surface area contributed by atoms with E-state index >= 15 is 0 Å². The fraction of sp³-hybridized carbons (Fsp3) is 0.472. The molecule has 0 saturated carbocycles. The maximum atomic E-state index is 13.2. The van der Waals surface area contributed by atoms with E-state index in [1.807, 2.05) is 0 Å². The van der Waals surface area contributed by atoms with Crippen LogP contribution in [0.15, 0.2) is 41.8 Å². The lowest BCUT2D eigenvalue weighted by Gasteiger charge is -2.21. The van der Waals surface area contributed by atoms with Gasteiger partial charge in [-0.25, -0.2) is 14.4 Å². The third kappa shape index (κ3) is 14.2. The molecule has 0 atom stereocenters. The van der Waals surface area contributed by atoms with E-state index < -0.39 is 52.8 Å². The molecule has 55 heavy (non-hydrogen) atoms. The number of guanidine groups is 1. The lowest BCUT2D eigenvalue weighted by atomic mass is 10.2. The van der Waals surface area contributed by atoms with Crippen LogP contribution in [0.25, 0.3) is 0 Å². The normalized spacial score (nSPS) is 12.0. The smallest absolute Gasteiger partial charge is 0.437 e. The number of ether oxygens (including phenoxy) is 3. The average molecular weight is 769 g/mol. The number of alkyl carbamates (subject to hydrolysis) is 1. The van der Waals surface area contributed by atoms with Crippen molar-refractivity contribution in [1.29, 1.82) is 0 Å².